The molecule has 2 bridgehead atoms. The summed E-state index contributed by atoms with van der Waals surface area (Å²) >= 11 is 0. The van der Waals surface area contributed by atoms with Crippen LogP contribution in [-0.4, -0.2) is 42.5 Å². The Labute approximate surface area is 171 Å². The zero-order chi connectivity index (χ0) is 20.2. The van der Waals surface area contributed by atoms with Gasteiger partial charge in [-0.3, -0.25) is 9.69 Å². The molecular formula is C23H27N3O3. The molecule has 3 aliphatic heterocycles. The second-order valence-corrected chi connectivity index (χ2v) is 7.86. The molecule has 6 heteroatoms. The molecule has 29 heavy (non-hydrogen) atoms. The van der Waals surface area contributed by atoms with Gasteiger partial charge in [0.25, 0.3) is 0 Å². The van der Waals surface area contributed by atoms with E-state index < -0.39 is 6.04 Å². The monoisotopic (exact) mass is 393 g/mol. The van der Waals surface area contributed by atoms with Gasteiger partial charge in [-0.2, -0.15) is 0 Å². The Balaban J connectivity index is 1.52. The van der Waals surface area contributed by atoms with Gasteiger partial charge < -0.3 is 15.4 Å². The number of hydrogen-bond acceptors (Lipinski definition) is 5. The fraction of sp³-hybridized carbons (Fsp3) is 0.391. The highest BCUT2D eigenvalue weighted by molar-refractivity contribution is 5.89. The third-order valence-electron chi connectivity index (χ3n) is 5.73. The van der Waals surface area contributed by atoms with Crippen LogP contribution in [0.2, 0.25) is 0 Å². The highest BCUT2D eigenvalue weighted by atomic mass is 16.5. The predicted octanol–water partition coefficient (Wildman–Crippen LogP) is 3.44. The number of carbonyl (C=O) groups excluding carboxylic acids is 2. The van der Waals surface area contributed by atoms with Crippen molar-refractivity contribution in [2.24, 2.45) is 5.92 Å². The average molecular weight is 393 g/mol. The third kappa shape index (κ3) is 4.77. The number of esters is 1. The second-order valence-electron chi connectivity index (χ2n) is 7.86. The van der Waals surface area contributed by atoms with E-state index in [0.717, 1.165) is 43.7 Å². The van der Waals surface area contributed by atoms with E-state index in [1.807, 2.05) is 54.6 Å². The van der Waals surface area contributed by atoms with E-state index in [4.69, 9.17) is 4.74 Å². The lowest BCUT2D eigenvalue weighted by Crippen LogP contribution is -2.52. The van der Waals surface area contributed by atoms with Gasteiger partial charge in [-0.1, -0.05) is 36.4 Å². The van der Waals surface area contributed by atoms with Gasteiger partial charge in [-0.05, 0) is 55.6 Å². The van der Waals surface area contributed by atoms with Crippen molar-refractivity contribution in [3.05, 3.63) is 60.2 Å². The zero-order valence-corrected chi connectivity index (χ0v) is 16.6. The summed E-state index contributed by atoms with van der Waals surface area (Å²) in [7, 11) is 0. The van der Waals surface area contributed by atoms with Gasteiger partial charge in [0.15, 0.2) is 6.04 Å². The lowest BCUT2D eigenvalue weighted by molar-refractivity contribution is -0.159. The van der Waals surface area contributed by atoms with E-state index in [1.165, 1.54) is 6.92 Å². The molecule has 2 N–H and O–H groups in total. The Morgan fingerprint density at radius 2 is 1.76 bits per heavy atom. The minimum absolute atomic E-state index is 0.0382. The molecular weight excluding hydrogens is 366 g/mol. The van der Waals surface area contributed by atoms with E-state index in [-0.39, 0.29) is 18.0 Å². The Hall–Kier alpha value is -2.86. The first kappa shape index (κ1) is 19.5. The summed E-state index contributed by atoms with van der Waals surface area (Å²) in [6.45, 7) is 4.51. The van der Waals surface area contributed by atoms with Crippen molar-refractivity contribution in [3.63, 3.8) is 0 Å². The summed E-state index contributed by atoms with van der Waals surface area (Å²) in [4.78, 5) is 26.9. The van der Waals surface area contributed by atoms with Crippen molar-refractivity contribution >= 4 is 23.3 Å². The Morgan fingerprint density at radius 3 is 2.41 bits per heavy atom. The van der Waals surface area contributed by atoms with E-state index in [1.54, 1.807) is 0 Å². The van der Waals surface area contributed by atoms with Crippen LogP contribution in [0.5, 0.6) is 0 Å². The number of anilines is 2. The SMILES string of the molecule is CC(=O)Nc1cccc(NC(C(=O)O[C@H]2CN3CCC2CC3)c2ccccc2)c1. The highest BCUT2D eigenvalue weighted by Gasteiger charge is 2.37. The molecule has 0 saturated carbocycles. The number of fused-ring (bicyclic) bond motifs is 3. The zero-order valence-electron chi connectivity index (χ0n) is 16.6. The maximum Gasteiger partial charge on any atom is 0.333 e. The molecule has 0 aliphatic carbocycles. The van der Waals surface area contributed by atoms with Crippen molar-refractivity contribution in [2.75, 3.05) is 30.3 Å². The number of nitrogens with one attached hydrogen (secondary N) is 2. The molecule has 2 aromatic carbocycles. The Morgan fingerprint density at radius 1 is 1.03 bits per heavy atom. The standard InChI is InChI=1S/C23H27N3O3/c1-16(27)24-19-8-5-9-20(14-19)25-22(18-6-3-2-4-7-18)23(28)29-21-15-26-12-10-17(21)11-13-26/h2-9,14,17,21-22,25H,10-13,15H2,1H3,(H,24,27)/t21-,22?/m0/s1. The molecule has 3 saturated heterocycles. The largest absolute Gasteiger partial charge is 0.459 e. The molecule has 0 radical (unpaired) electrons. The van der Waals surface area contributed by atoms with Crippen LogP contribution in [0.25, 0.3) is 0 Å². The lowest BCUT2D eigenvalue weighted by Gasteiger charge is -2.44. The molecule has 152 valence electrons. The molecule has 0 aromatic heterocycles. The molecule has 5 rings (SSSR count). The molecule has 6 nitrogen and oxygen atoms in total. The number of amides is 1. The number of ether oxygens (including phenoxy) is 1. The second kappa shape index (κ2) is 8.66. The lowest BCUT2D eigenvalue weighted by atomic mass is 9.86. The summed E-state index contributed by atoms with van der Waals surface area (Å²) in [6, 6.07) is 16.3. The number of piperidine rings is 3. The number of benzene rings is 2. The fourth-order valence-electron chi connectivity index (χ4n) is 4.24. The van der Waals surface area contributed by atoms with E-state index in [9.17, 15) is 9.59 Å². The van der Waals surface area contributed by atoms with E-state index in [0.29, 0.717) is 11.6 Å². The Kier molecular flexibility index (Phi) is 5.81. The fourth-order valence-corrected chi connectivity index (χ4v) is 4.24. The van der Waals surface area contributed by atoms with Crippen LogP contribution in [0.15, 0.2) is 54.6 Å². The average Bonchev–Trinajstić information content (AvgIpc) is 2.73. The first-order valence-corrected chi connectivity index (χ1v) is 10.2. The summed E-state index contributed by atoms with van der Waals surface area (Å²) < 4.78 is 6.00. The van der Waals surface area contributed by atoms with Crippen molar-refractivity contribution in [2.45, 2.75) is 31.9 Å². The normalized spacial score (nSPS) is 23.8. The molecule has 2 atom stereocenters. The van der Waals surface area contributed by atoms with Gasteiger partial charge in [-0.25, -0.2) is 4.79 Å². The first-order chi connectivity index (χ1) is 14.1. The quantitative estimate of drug-likeness (QED) is 0.736. The smallest absolute Gasteiger partial charge is 0.333 e. The van der Waals surface area contributed by atoms with E-state index in [2.05, 4.69) is 15.5 Å². The van der Waals surface area contributed by atoms with Crippen LogP contribution in [0.1, 0.15) is 31.4 Å². The minimum atomic E-state index is -0.612. The molecule has 1 unspecified atom stereocenters. The van der Waals surface area contributed by atoms with Gasteiger partial charge in [-0.15, -0.1) is 0 Å². The van der Waals surface area contributed by atoms with Crippen molar-refractivity contribution in [3.8, 4) is 0 Å². The highest BCUT2D eigenvalue weighted by Crippen LogP contribution is 2.31. The van der Waals surface area contributed by atoms with Crippen LogP contribution in [0.3, 0.4) is 0 Å². The van der Waals surface area contributed by atoms with Crippen molar-refractivity contribution in [1.82, 2.24) is 4.90 Å². The number of nitrogens with zero attached hydrogens (tertiary/aromatic N) is 1. The van der Waals surface area contributed by atoms with Crippen LogP contribution in [0, 0.1) is 5.92 Å². The van der Waals surface area contributed by atoms with Crippen molar-refractivity contribution in [1.29, 1.82) is 0 Å². The van der Waals surface area contributed by atoms with Crippen LogP contribution in [0.4, 0.5) is 11.4 Å². The molecule has 3 aliphatic rings. The first-order valence-electron chi connectivity index (χ1n) is 10.2. The Bertz CT molecular complexity index is 863. The van der Waals surface area contributed by atoms with E-state index >= 15 is 0 Å². The van der Waals surface area contributed by atoms with Crippen LogP contribution in [-0.2, 0) is 14.3 Å². The molecule has 3 fully saturated rings. The van der Waals surface area contributed by atoms with Crippen LogP contribution >= 0.6 is 0 Å². The molecule has 1 amide bonds. The summed E-state index contributed by atoms with van der Waals surface area (Å²) in [5, 5.41) is 6.07. The number of rotatable bonds is 6. The van der Waals surface area contributed by atoms with Crippen LogP contribution < -0.4 is 10.6 Å². The summed E-state index contributed by atoms with van der Waals surface area (Å²) in [6.07, 6.45) is 2.16. The van der Waals surface area contributed by atoms with Gasteiger partial charge in [0, 0.05) is 24.8 Å². The maximum absolute atomic E-state index is 13.2. The molecule has 2 aromatic rings. The summed E-state index contributed by atoms with van der Waals surface area (Å²) in [5.41, 5.74) is 2.28. The maximum atomic E-state index is 13.2. The van der Waals surface area contributed by atoms with Gasteiger partial charge >= 0.3 is 5.97 Å². The van der Waals surface area contributed by atoms with Crippen molar-refractivity contribution < 1.29 is 14.3 Å². The van der Waals surface area contributed by atoms with Gasteiger partial charge in [0.2, 0.25) is 5.91 Å². The third-order valence-corrected chi connectivity index (χ3v) is 5.73. The summed E-state index contributed by atoms with van der Waals surface area (Å²) in [5.74, 6) is 0.0619. The van der Waals surface area contributed by atoms with Gasteiger partial charge in [0.05, 0.1) is 0 Å². The molecule has 3 heterocycles. The number of hydrogen-bond donors (Lipinski definition) is 2. The topological polar surface area (TPSA) is 70.7 Å². The van der Waals surface area contributed by atoms with Gasteiger partial charge in [0.1, 0.15) is 6.10 Å². The minimum Gasteiger partial charge on any atom is -0.459 e. The molecule has 0 spiro atoms. The predicted molar refractivity (Wildman–Crippen MR) is 113 cm³/mol. The number of carbonyl (C=O) groups is 2.